The molecule has 2 atom stereocenters. The van der Waals surface area contributed by atoms with Crippen molar-refractivity contribution in [2.45, 2.75) is 43.3 Å². The SMILES string of the molecule is COc1cc(F)c(-c2ccc(N3CCC[C@](NCc4ccccc4)([C@H](O)C(F)F)C3)c(CCl)n2)cc1F. The van der Waals surface area contributed by atoms with Crippen LogP contribution in [0.5, 0.6) is 5.75 Å². The van der Waals surface area contributed by atoms with Crippen molar-refractivity contribution in [3.8, 4) is 17.0 Å². The van der Waals surface area contributed by atoms with Gasteiger partial charge >= 0.3 is 0 Å². The van der Waals surface area contributed by atoms with Gasteiger partial charge < -0.3 is 20.1 Å². The number of methoxy groups -OCH3 is 1. The Kier molecular flexibility index (Phi) is 8.56. The Morgan fingerprint density at radius 1 is 1.14 bits per heavy atom. The molecule has 0 saturated carbocycles. The second-order valence-electron chi connectivity index (χ2n) is 9.06. The molecule has 0 unspecified atom stereocenters. The van der Waals surface area contributed by atoms with Gasteiger partial charge in [0.2, 0.25) is 0 Å². The van der Waals surface area contributed by atoms with Crippen LogP contribution in [0.4, 0.5) is 23.2 Å². The number of pyridine rings is 1. The van der Waals surface area contributed by atoms with Crippen molar-refractivity contribution >= 4 is 17.3 Å². The summed E-state index contributed by atoms with van der Waals surface area (Å²) in [5, 5.41) is 13.8. The molecule has 4 rings (SSSR count). The van der Waals surface area contributed by atoms with Gasteiger partial charge in [-0.15, -0.1) is 11.6 Å². The second-order valence-corrected chi connectivity index (χ2v) is 9.33. The van der Waals surface area contributed by atoms with Crippen molar-refractivity contribution in [2.24, 2.45) is 0 Å². The van der Waals surface area contributed by atoms with Gasteiger partial charge in [0.05, 0.1) is 35.6 Å². The van der Waals surface area contributed by atoms with Gasteiger partial charge in [-0.2, -0.15) is 0 Å². The van der Waals surface area contributed by atoms with E-state index in [1.807, 2.05) is 35.2 Å². The summed E-state index contributed by atoms with van der Waals surface area (Å²) in [6.45, 7) is 0.920. The van der Waals surface area contributed by atoms with E-state index in [1.54, 1.807) is 6.07 Å². The fourth-order valence-corrected chi connectivity index (χ4v) is 5.00. The maximum atomic E-state index is 14.6. The van der Waals surface area contributed by atoms with Crippen molar-refractivity contribution in [2.75, 3.05) is 25.1 Å². The molecule has 2 heterocycles. The molecule has 1 saturated heterocycles. The van der Waals surface area contributed by atoms with Crippen molar-refractivity contribution in [1.29, 1.82) is 0 Å². The number of aliphatic hydroxyl groups is 1. The van der Waals surface area contributed by atoms with Crippen LogP contribution >= 0.6 is 11.6 Å². The summed E-state index contributed by atoms with van der Waals surface area (Å²) in [5.41, 5.74) is 0.718. The van der Waals surface area contributed by atoms with E-state index in [2.05, 4.69) is 10.3 Å². The Labute approximate surface area is 218 Å². The van der Waals surface area contributed by atoms with Crippen LogP contribution in [0.25, 0.3) is 11.3 Å². The fourth-order valence-electron chi connectivity index (χ4n) is 4.81. The normalized spacial score (nSPS) is 18.8. The van der Waals surface area contributed by atoms with Gasteiger partial charge in [-0.1, -0.05) is 30.3 Å². The number of hydrogen-bond donors (Lipinski definition) is 2. The van der Waals surface area contributed by atoms with Crippen molar-refractivity contribution in [3.05, 3.63) is 77.5 Å². The Morgan fingerprint density at radius 3 is 2.57 bits per heavy atom. The fraction of sp³-hybridized carbons (Fsp3) is 0.370. The zero-order valence-electron chi connectivity index (χ0n) is 20.2. The Bertz CT molecular complexity index is 1220. The third-order valence-electron chi connectivity index (χ3n) is 6.75. The first-order chi connectivity index (χ1) is 17.8. The molecule has 10 heteroatoms. The summed E-state index contributed by atoms with van der Waals surface area (Å²) >= 11 is 6.19. The largest absolute Gasteiger partial charge is 0.494 e. The van der Waals surface area contributed by atoms with Gasteiger partial charge in [0.25, 0.3) is 6.43 Å². The van der Waals surface area contributed by atoms with Crippen LogP contribution in [0.1, 0.15) is 24.1 Å². The zero-order valence-corrected chi connectivity index (χ0v) is 21.0. The lowest BCUT2D eigenvalue weighted by molar-refractivity contribution is -0.0657. The first-order valence-electron chi connectivity index (χ1n) is 11.9. The Hall–Kier alpha value is -2.88. The van der Waals surface area contributed by atoms with Gasteiger partial charge in [0.15, 0.2) is 11.6 Å². The highest BCUT2D eigenvalue weighted by Crippen LogP contribution is 2.35. The highest BCUT2D eigenvalue weighted by Gasteiger charge is 2.46. The third kappa shape index (κ3) is 5.84. The minimum Gasteiger partial charge on any atom is -0.494 e. The third-order valence-corrected chi connectivity index (χ3v) is 7.00. The molecular formula is C27H28ClF4N3O2. The molecule has 37 heavy (non-hydrogen) atoms. The monoisotopic (exact) mass is 537 g/mol. The second kappa shape index (κ2) is 11.7. The smallest absolute Gasteiger partial charge is 0.265 e. The zero-order chi connectivity index (χ0) is 26.6. The van der Waals surface area contributed by atoms with E-state index < -0.39 is 29.7 Å². The van der Waals surface area contributed by atoms with E-state index in [4.69, 9.17) is 16.3 Å². The molecule has 1 aromatic heterocycles. The standard InChI is InChI=1S/C27H28ClF4N3O2/c1-37-24-13-19(29)18(12-20(24)30)21-8-9-23(22(14-28)34-21)35-11-5-10-27(16-35,25(36)26(31)32)33-15-17-6-3-2-4-7-17/h2-4,6-9,12-13,25-26,33,36H,5,10-11,14-16H2,1H3/t25-,27-/m1/s1. The predicted molar refractivity (Wildman–Crippen MR) is 135 cm³/mol. The van der Waals surface area contributed by atoms with Crippen LogP contribution in [-0.2, 0) is 12.4 Å². The Morgan fingerprint density at radius 2 is 1.89 bits per heavy atom. The average Bonchev–Trinajstić information content (AvgIpc) is 2.92. The summed E-state index contributed by atoms with van der Waals surface area (Å²) < 4.78 is 61.3. The van der Waals surface area contributed by atoms with Gasteiger partial charge in [-0.05, 0) is 36.6 Å². The maximum absolute atomic E-state index is 14.6. The number of halogens is 5. The predicted octanol–water partition coefficient (Wildman–Crippen LogP) is 5.53. The van der Waals surface area contributed by atoms with Crippen LogP contribution in [0.3, 0.4) is 0 Å². The van der Waals surface area contributed by atoms with Gasteiger partial charge in [0, 0.05) is 31.3 Å². The van der Waals surface area contributed by atoms with E-state index in [-0.39, 0.29) is 29.4 Å². The summed E-state index contributed by atoms with van der Waals surface area (Å²) in [7, 11) is 1.24. The molecule has 3 aromatic rings. The number of benzene rings is 2. The number of rotatable bonds is 9. The minimum absolute atomic E-state index is 0.0399. The van der Waals surface area contributed by atoms with Crippen molar-refractivity contribution in [1.82, 2.24) is 10.3 Å². The molecule has 0 aliphatic carbocycles. The summed E-state index contributed by atoms with van der Waals surface area (Å²) in [5.74, 6) is -1.70. The highest BCUT2D eigenvalue weighted by molar-refractivity contribution is 6.17. The molecule has 1 aliphatic heterocycles. The number of piperidine rings is 1. The molecule has 1 fully saturated rings. The molecule has 0 bridgehead atoms. The number of hydrogen-bond acceptors (Lipinski definition) is 5. The molecule has 1 aliphatic rings. The van der Waals surface area contributed by atoms with Crippen LogP contribution in [-0.4, -0.2) is 48.4 Å². The summed E-state index contributed by atoms with van der Waals surface area (Å²) in [4.78, 5) is 6.32. The summed E-state index contributed by atoms with van der Waals surface area (Å²) in [6.07, 6.45) is -3.96. The van der Waals surface area contributed by atoms with E-state index in [1.165, 1.54) is 13.2 Å². The van der Waals surface area contributed by atoms with E-state index in [0.29, 0.717) is 37.3 Å². The molecule has 5 nitrogen and oxygen atoms in total. The van der Waals surface area contributed by atoms with Gasteiger partial charge in [-0.25, -0.2) is 22.5 Å². The lowest BCUT2D eigenvalue weighted by Crippen LogP contribution is -2.65. The minimum atomic E-state index is -2.94. The van der Waals surface area contributed by atoms with E-state index in [9.17, 15) is 22.7 Å². The van der Waals surface area contributed by atoms with Crippen LogP contribution in [0.15, 0.2) is 54.6 Å². The lowest BCUT2D eigenvalue weighted by atomic mass is 9.83. The number of alkyl halides is 3. The summed E-state index contributed by atoms with van der Waals surface area (Å²) in [6, 6.07) is 14.5. The number of anilines is 1. The van der Waals surface area contributed by atoms with Crippen LogP contribution < -0.4 is 15.0 Å². The molecule has 2 aromatic carbocycles. The molecule has 0 spiro atoms. The highest BCUT2D eigenvalue weighted by atomic mass is 35.5. The number of aliphatic hydroxyl groups excluding tert-OH is 1. The molecular weight excluding hydrogens is 510 g/mol. The van der Waals surface area contributed by atoms with Gasteiger partial charge in [0.1, 0.15) is 11.9 Å². The quantitative estimate of drug-likeness (QED) is 0.278. The molecule has 198 valence electrons. The molecule has 0 radical (unpaired) electrons. The van der Waals surface area contributed by atoms with Crippen LogP contribution in [0.2, 0.25) is 0 Å². The average molecular weight is 538 g/mol. The first kappa shape index (κ1) is 27.2. The van der Waals surface area contributed by atoms with Crippen molar-refractivity contribution in [3.63, 3.8) is 0 Å². The van der Waals surface area contributed by atoms with Crippen molar-refractivity contribution < 1.29 is 27.4 Å². The number of ether oxygens (including phenoxy) is 1. The topological polar surface area (TPSA) is 57.6 Å². The first-order valence-corrected chi connectivity index (χ1v) is 12.4. The number of nitrogens with zero attached hydrogens (tertiary/aromatic N) is 2. The number of aromatic nitrogens is 1. The van der Waals surface area contributed by atoms with E-state index in [0.717, 1.165) is 17.7 Å². The van der Waals surface area contributed by atoms with Crippen LogP contribution in [0, 0.1) is 11.6 Å². The number of nitrogens with one attached hydrogen (secondary N) is 1. The Balaban J connectivity index is 1.64. The lowest BCUT2D eigenvalue weighted by Gasteiger charge is -2.47. The maximum Gasteiger partial charge on any atom is 0.265 e. The molecule has 0 amide bonds. The van der Waals surface area contributed by atoms with Gasteiger partial charge in [-0.3, -0.25) is 0 Å². The molecule has 2 N–H and O–H groups in total. The van der Waals surface area contributed by atoms with E-state index >= 15 is 0 Å².